The Hall–Kier alpha value is -4.78. The number of nitrogens with zero attached hydrogens (tertiary/aromatic N) is 2. The summed E-state index contributed by atoms with van der Waals surface area (Å²) in [6.07, 6.45) is 2.75. The van der Waals surface area contributed by atoms with Gasteiger partial charge in [-0.2, -0.15) is 4.31 Å². The number of unbranched alkanes of at least 4 members (excludes halogenated alkanes) is 1. The summed E-state index contributed by atoms with van der Waals surface area (Å²) in [6, 6.07) is 25.8. The van der Waals surface area contributed by atoms with E-state index in [-0.39, 0.29) is 42.0 Å². The first-order chi connectivity index (χ1) is 23.5. The van der Waals surface area contributed by atoms with Gasteiger partial charge in [0.05, 0.1) is 11.5 Å². The van der Waals surface area contributed by atoms with Crippen molar-refractivity contribution in [1.82, 2.24) is 19.9 Å². The number of aromatic hydroxyl groups is 1. The van der Waals surface area contributed by atoms with Crippen LogP contribution in [0.2, 0.25) is 0 Å². The number of carbonyl (C=O) groups is 2. The molecule has 0 radical (unpaired) electrons. The van der Waals surface area contributed by atoms with Crippen molar-refractivity contribution < 1.29 is 28.2 Å². The minimum Gasteiger partial charge on any atom is -0.505 e. The molecule has 11 nitrogen and oxygen atoms in total. The van der Waals surface area contributed by atoms with Gasteiger partial charge in [0.15, 0.2) is 5.69 Å². The number of carbonyl (C=O) groups excluding carboxylic acids is 2. The lowest BCUT2D eigenvalue weighted by Gasteiger charge is -2.31. The van der Waals surface area contributed by atoms with Crippen molar-refractivity contribution in [2.45, 2.75) is 56.0 Å². The summed E-state index contributed by atoms with van der Waals surface area (Å²) in [6.45, 7) is 3.93. The van der Waals surface area contributed by atoms with Crippen LogP contribution in [-0.2, 0) is 14.8 Å². The molecule has 6 N–H and O–H groups in total. The van der Waals surface area contributed by atoms with Crippen LogP contribution in [0.15, 0.2) is 108 Å². The largest absolute Gasteiger partial charge is 0.505 e. The maximum Gasteiger partial charge on any atom is 0.274 e. The predicted molar refractivity (Wildman–Crippen MR) is 189 cm³/mol. The third kappa shape index (κ3) is 9.88. The smallest absolute Gasteiger partial charge is 0.274 e. The molecule has 2 amide bonds. The Balaban J connectivity index is 1.49. The van der Waals surface area contributed by atoms with Crippen LogP contribution in [0.25, 0.3) is 0 Å². The van der Waals surface area contributed by atoms with Gasteiger partial charge in [-0.25, -0.2) is 13.4 Å². The average Bonchev–Trinajstić information content (AvgIpc) is 3.10. The van der Waals surface area contributed by atoms with Crippen LogP contribution in [0.3, 0.4) is 0 Å². The number of aliphatic hydroxyl groups is 1. The summed E-state index contributed by atoms with van der Waals surface area (Å²) in [7, 11) is -3.91. The van der Waals surface area contributed by atoms with Crippen LogP contribution in [0, 0.1) is 5.92 Å². The lowest BCUT2D eigenvalue weighted by molar-refractivity contribution is -0.123. The van der Waals surface area contributed by atoms with E-state index >= 15 is 0 Å². The first kappa shape index (κ1) is 37.0. The van der Waals surface area contributed by atoms with Crippen molar-refractivity contribution in [3.8, 4) is 5.75 Å². The van der Waals surface area contributed by atoms with E-state index in [9.17, 15) is 28.2 Å². The van der Waals surface area contributed by atoms with Crippen molar-refractivity contribution in [1.29, 1.82) is 0 Å². The zero-order valence-electron chi connectivity index (χ0n) is 27.8. The molecule has 0 bridgehead atoms. The van der Waals surface area contributed by atoms with E-state index < -0.39 is 39.8 Å². The minimum absolute atomic E-state index is 0.0132. The van der Waals surface area contributed by atoms with Gasteiger partial charge in [0, 0.05) is 36.9 Å². The van der Waals surface area contributed by atoms with Gasteiger partial charge in [0.1, 0.15) is 11.8 Å². The highest BCUT2D eigenvalue weighted by Gasteiger charge is 2.34. The van der Waals surface area contributed by atoms with Gasteiger partial charge in [-0.05, 0) is 66.3 Å². The van der Waals surface area contributed by atoms with E-state index in [1.807, 2.05) is 74.5 Å². The second-order valence-electron chi connectivity index (χ2n) is 12.3. The predicted octanol–water partition coefficient (Wildman–Crippen LogP) is 4.29. The number of hydrogen-bond acceptors (Lipinski definition) is 8. The number of amides is 2. The van der Waals surface area contributed by atoms with Crippen LogP contribution in [0.4, 0.5) is 5.69 Å². The Bertz CT molecular complexity index is 1720. The van der Waals surface area contributed by atoms with Crippen molar-refractivity contribution in [2.75, 3.05) is 25.4 Å². The third-order valence-electron chi connectivity index (χ3n) is 8.13. The topological polar surface area (TPSA) is 175 Å². The molecule has 1 aromatic heterocycles. The zero-order valence-corrected chi connectivity index (χ0v) is 28.6. The number of aliphatic hydroxyl groups excluding tert-OH is 1. The molecule has 0 fully saturated rings. The molecule has 0 spiro atoms. The molecule has 260 valence electrons. The minimum atomic E-state index is -3.91. The van der Waals surface area contributed by atoms with Gasteiger partial charge in [-0.15, -0.1) is 0 Å². The third-order valence-corrected chi connectivity index (χ3v) is 10.1. The number of nitrogen functional groups attached to an aromatic ring is 1. The second kappa shape index (κ2) is 17.6. The van der Waals surface area contributed by atoms with Crippen LogP contribution in [-0.4, -0.2) is 71.5 Å². The monoisotopic (exact) mass is 687 g/mol. The van der Waals surface area contributed by atoms with E-state index in [1.54, 1.807) is 0 Å². The molecule has 49 heavy (non-hydrogen) atoms. The van der Waals surface area contributed by atoms with Gasteiger partial charge in [0.25, 0.3) is 5.91 Å². The van der Waals surface area contributed by atoms with Crippen molar-refractivity contribution >= 4 is 27.5 Å². The lowest BCUT2D eigenvalue weighted by Crippen LogP contribution is -2.50. The van der Waals surface area contributed by atoms with E-state index in [1.165, 1.54) is 46.9 Å². The van der Waals surface area contributed by atoms with Crippen molar-refractivity contribution in [3.05, 3.63) is 120 Å². The fraction of sp³-hybridized carbons (Fsp3) is 0.324. The first-order valence-corrected chi connectivity index (χ1v) is 17.8. The molecule has 0 aliphatic carbocycles. The van der Waals surface area contributed by atoms with E-state index in [4.69, 9.17) is 5.73 Å². The Kier molecular flexibility index (Phi) is 13.3. The van der Waals surface area contributed by atoms with Crippen molar-refractivity contribution in [2.24, 2.45) is 5.92 Å². The number of sulfonamides is 1. The molecule has 3 aromatic carbocycles. The first-order valence-electron chi connectivity index (χ1n) is 16.3. The summed E-state index contributed by atoms with van der Waals surface area (Å²) in [5.41, 5.74) is 7.62. The van der Waals surface area contributed by atoms with E-state index in [0.29, 0.717) is 24.9 Å². The van der Waals surface area contributed by atoms with Crippen LogP contribution >= 0.6 is 0 Å². The van der Waals surface area contributed by atoms with Gasteiger partial charge < -0.3 is 26.6 Å². The van der Waals surface area contributed by atoms with Gasteiger partial charge in [-0.3, -0.25) is 9.59 Å². The summed E-state index contributed by atoms with van der Waals surface area (Å²) in [4.78, 5) is 31.4. The van der Waals surface area contributed by atoms with E-state index in [0.717, 1.165) is 11.1 Å². The number of aromatic nitrogens is 1. The lowest BCUT2D eigenvalue weighted by atomic mass is 9.84. The maximum absolute atomic E-state index is 13.9. The fourth-order valence-corrected chi connectivity index (χ4v) is 7.52. The number of hydrogen-bond donors (Lipinski definition) is 5. The summed E-state index contributed by atoms with van der Waals surface area (Å²) in [5.74, 6) is -2.00. The SMILES string of the molecule is CC(C)CN(C(CO)CCCCNC(=O)C(NC(=O)c1ncccc1O)C(c1ccccc1)c1ccccc1)S(=O)(=O)c1ccc(N)cc1. The number of nitrogens with one attached hydrogen (secondary N) is 2. The summed E-state index contributed by atoms with van der Waals surface area (Å²) >= 11 is 0. The molecule has 0 aliphatic heterocycles. The second-order valence-corrected chi connectivity index (χ2v) is 14.2. The highest BCUT2D eigenvalue weighted by atomic mass is 32.2. The van der Waals surface area contributed by atoms with Gasteiger partial charge in [-0.1, -0.05) is 80.9 Å². The molecular formula is C37H45N5O6S. The number of nitrogens with two attached hydrogens (primary N) is 1. The Morgan fingerprint density at radius 1 is 0.878 bits per heavy atom. The van der Waals surface area contributed by atoms with Crippen LogP contribution in [0.5, 0.6) is 5.75 Å². The molecule has 0 saturated heterocycles. The van der Waals surface area contributed by atoms with Gasteiger partial charge >= 0.3 is 0 Å². The number of benzene rings is 3. The molecule has 0 saturated carbocycles. The summed E-state index contributed by atoms with van der Waals surface area (Å²) in [5, 5.41) is 26.4. The molecule has 1 heterocycles. The van der Waals surface area contributed by atoms with Crippen LogP contribution in [0.1, 0.15) is 60.6 Å². The highest BCUT2D eigenvalue weighted by Crippen LogP contribution is 2.29. The molecule has 0 aliphatic rings. The molecule has 4 rings (SSSR count). The maximum atomic E-state index is 13.9. The number of rotatable bonds is 17. The van der Waals surface area contributed by atoms with Crippen molar-refractivity contribution in [3.63, 3.8) is 0 Å². The molecule has 4 aromatic rings. The Morgan fingerprint density at radius 2 is 1.49 bits per heavy atom. The number of anilines is 1. The summed E-state index contributed by atoms with van der Waals surface area (Å²) < 4.78 is 28.6. The fourth-order valence-electron chi connectivity index (χ4n) is 5.71. The number of pyridine rings is 1. The van der Waals surface area contributed by atoms with Crippen LogP contribution < -0.4 is 16.4 Å². The molecule has 2 unspecified atom stereocenters. The standard InChI is InChI=1S/C37H45N5O6S/c1-26(2)24-42(49(47,48)31-20-18-29(38)19-21-31)30(25-43)16-9-10-22-40-36(45)35(41-37(46)34-32(44)17-11-23-39-34)33(27-12-5-3-6-13-27)28-14-7-4-8-15-28/h3-8,11-15,17-21,23,26,30,33,35,43-44H,9-10,16,22,24-25,38H2,1-2H3,(H,40,45)(H,41,46). The highest BCUT2D eigenvalue weighted by molar-refractivity contribution is 7.89. The quantitative estimate of drug-likeness (QED) is 0.0807. The van der Waals surface area contributed by atoms with Gasteiger partial charge in [0.2, 0.25) is 15.9 Å². The molecule has 12 heteroatoms. The average molecular weight is 688 g/mol. The van der Waals surface area contributed by atoms with E-state index in [2.05, 4.69) is 15.6 Å². The molecule has 2 atom stereocenters. The Morgan fingerprint density at radius 3 is 2.04 bits per heavy atom. The Labute approximate surface area is 288 Å². The normalized spacial score (nSPS) is 12.9. The zero-order chi connectivity index (χ0) is 35.4. The molecular weight excluding hydrogens is 643 g/mol.